The Kier molecular flexibility index (Phi) is 6.40. The van der Waals surface area contributed by atoms with E-state index in [1.54, 1.807) is 6.20 Å². The third-order valence-corrected chi connectivity index (χ3v) is 5.03. The summed E-state index contributed by atoms with van der Waals surface area (Å²) in [6, 6.07) is 6.89. The summed E-state index contributed by atoms with van der Waals surface area (Å²) in [7, 11) is 2.14. The summed E-state index contributed by atoms with van der Waals surface area (Å²) in [6.45, 7) is 4.14. The molecule has 0 bridgehead atoms. The molecule has 2 aromatic rings. The Balaban J connectivity index is 1.61. The Labute approximate surface area is 151 Å². The molecule has 1 aliphatic heterocycles. The van der Waals surface area contributed by atoms with Gasteiger partial charge in [0, 0.05) is 24.0 Å². The summed E-state index contributed by atoms with van der Waals surface area (Å²) in [5.74, 6) is 0.827. The summed E-state index contributed by atoms with van der Waals surface area (Å²) in [4.78, 5) is 11.2. The molecule has 1 atom stereocenters. The van der Waals surface area contributed by atoms with Gasteiger partial charge in [-0.3, -0.25) is 14.9 Å². The fourth-order valence-corrected chi connectivity index (χ4v) is 3.15. The van der Waals surface area contributed by atoms with Crippen molar-refractivity contribution < 1.29 is 4.74 Å². The highest BCUT2D eigenvalue weighted by Crippen LogP contribution is 2.23. The molecule has 4 nitrogen and oxygen atoms in total. The molecule has 0 N–H and O–H groups in total. The first kappa shape index (κ1) is 17.9. The van der Waals surface area contributed by atoms with Gasteiger partial charge in [0.25, 0.3) is 0 Å². The summed E-state index contributed by atoms with van der Waals surface area (Å²) < 4.78 is 5.93. The highest BCUT2D eigenvalue weighted by atomic mass is 16.5. The molecule has 134 valence electrons. The van der Waals surface area contributed by atoms with Crippen LogP contribution < -0.4 is 4.74 Å². The first-order valence-electron chi connectivity index (χ1n) is 9.49. The molecule has 0 amide bonds. The van der Waals surface area contributed by atoms with Gasteiger partial charge in [0.15, 0.2) is 0 Å². The number of pyridine rings is 2. The number of aromatic nitrogens is 2. The van der Waals surface area contributed by atoms with Crippen LogP contribution in [-0.4, -0.2) is 41.1 Å². The summed E-state index contributed by atoms with van der Waals surface area (Å²) in [5, 5.41) is 0. The van der Waals surface area contributed by atoms with Crippen molar-refractivity contribution in [3.63, 3.8) is 0 Å². The van der Waals surface area contributed by atoms with Gasteiger partial charge >= 0.3 is 0 Å². The van der Waals surface area contributed by atoms with Crippen LogP contribution in [0.5, 0.6) is 5.75 Å². The number of nitrogens with zero attached hydrogens (tertiary/aromatic N) is 3. The number of aryl methyl sites for hydroxylation is 1. The van der Waals surface area contributed by atoms with Gasteiger partial charge in [0.05, 0.1) is 11.9 Å². The molecule has 1 aliphatic rings. The molecule has 3 heterocycles. The van der Waals surface area contributed by atoms with Crippen LogP contribution in [0.15, 0.2) is 36.8 Å². The maximum Gasteiger partial charge on any atom is 0.138 e. The van der Waals surface area contributed by atoms with Crippen molar-refractivity contribution in [1.29, 1.82) is 0 Å². The molecule has 0 spiro atoms. The average molecular weight is 339 g/mol. The maximum absolute atomic E-state index is 5.93. The van der Waals surface area contributed by atoms with Gasteiger partial charge in [0.2, 0.25) is 0 Å². The Morgan fingerprint density at radius 3 is 2.88 bits per heavy atom. The van der Waals surface area contributed by atoms with Gasteiger partial charge in [-0.15, -0.1) is 0 Å². The van der Waals surface area contributed by atoms with E-state index in [2.05, 4.69) is 47.0 Å². The quantitative estimate of drug-likeness (QED) is 0.637. The van der Waals surface area contributed by atoms with Gasteiger partial charge in [-0.1, -0.05) is 26.2 Å². The first-order valence-corrected chi connectivity index (χ1v) is 9.49. The number of likely N-dealkylation sites (tertiary alicyclic amines) is 1. The lowest BCUT2D eigenvalue weighted by Gasteiger charge is -2.37. The van der Waals surface area contributed by atoms with Crippen LogP contribution in [0.4, 0.5) is 0 Å². The van der Waals surface area contributed by atoms with Crippen molar-refractivity contribution in [3.05, 3.63) is 42.4 Å². The molecule has 0 unspecified atom stereocenters. The van der Waals surface area contributed by atoms with Gasteiger partial charge in [0.1, 0.15) is 12.4 Å². The second kappa shape index (κ2) is 8.95. The van der Waals surface area contributed by atoms with Crippen molar-refractivity contribution in [1.82, 2.24) is 14.9 Å². The smallest absolute Gasteiger partial charge is 0.138 e. The molecule has 2 aromatic heterocycles. The Morgan fingerprint density at radius 2 is 2.12 bits per heavy atom. The number of ether oxygens (including phenoxy) is 1. The van der Waals surface area contributed by atoms with E-state index in [0.717, 1.165) is 30.0 Å². The van der Waals surface area contributed by atoms with Crippen LogP contribution in [0.2, 0.25) is 0 Å². The van der Waals surface area contributed by atoms with Crippen molar-refractivity contribution >= 4 is 0 Å². The Hall–Kier alpha value is -1.94. The minimum Gasteiger partial charge on any atom is -0.490 e. The number of hydrogen-bond acceptors (Lipinski definition) is 4. The van der Waals surface area contributed by atoms with Crippen molar-refractivity contribution in [3.8, 4) is 17.0 Å². The molecule has 4 heteroatoms. The third-order valence-electron chi connectivity index (χ3n) is 5.03. The molecular formula is C21H29N3O. The normalized spacial score (nSPS) is 17.3. The van der Waals surface area contributed by atoms with Crippen LogP contribution in [-0.2, 0) is 6.42 Å². The van der Waals surface area contributed by atoms with E-state index in [9.17, 15) is 0 Å². The van der Waals surface area contributed by atoms with Gasteiger partial charge < -0.3 is 4.74 Å². The SMILES string of the molecule is CCCCCCc1ccnc(-c2cncc(OC[C@@H]3CCN3C)c2)c1. The standard InChI is InChI=1S/C21H29N3O/c1-3-4-5-6-7-17-8-10-23-21(12-17)18-13-20(15-22-14-18)25-16-19-9-11-24(19)2/h8,10,12-15,19H,3-7,9,11,16H2,1-2H3/t19-/m0/s1. The number of rotatable bonds is 9. The minimum absolute atomic E-state index is 0.535. The maximum atomic E-state index is 5.93. The van der Waals surface area contributed by atoms with Gasteiger partial charge in [-0.05, 0) is 56.6 Å². The van der Waals surface area contributed by atoms with Crippen molar-refractivity contribution in [2.24, 2.45) is 0 Å². The van der Waals surface area contributed by atoms with E-state index in [-0.39, 0.29) is 0 Å². The van der Waals surface area contributed by atoms with E-state index in [1.807, 2.05) is 12.4 Å². The summed E-state index contributed by atoms with van der Waals surface area (Å²) >= 11 is 0. The third kappa shape index (κ3) is 5.02. The fourth-order valence-electron chi connectivity index (χ4n) is 3.15. The minimum atomic E-state index is 0.535. The molecule has 0 aliphatic carbocycles. The molecule has 0 aromatic carbocycles. The van der Waals surface area contributed by atoms with Crippen LogP contribution in [0.1, 0.15) is 44.6 Å². The first-order chi connectivity index (χ1) is 12.3. The molecule has 1 saturated heterocycles. The second-order valence-corrected chi connectivity index (χ2v) is 7.00. The largest absolute Gasteiger partial charge is 0.490 e. The van der Waals surface area contributed by atoms with Crippen molar-refractivity contribution in [2.45, 2.75) is 51.5 Å². The molecule has 3 rings (SSSR count). The number of likely N-dealkylation sites (N-methyl/N-ethyl adjacent to an activating group) is 1. The number of hydrogen-bond donors (Lipinski definition) is 0. The summed E-state index contributed by atoms with van der Waals surface area (Å²) in [6.07, 6.45) is 13.0. The lowest BCUT2D eigenvalue weighted by atomic mass is 10.0. The van der Waals surface area contributed by atoms with Gasteiger partial charge in [-0.2, -0.15) is 0 Å². The predicted molar refractivity (Wildman–Crippen MR) is 102 cm³/mol. The van der Waals surface area contributed by atoms with Gasteiger partial charge in [-0.25, -0.2) is 0 Å². The lowest BCUT2D eigenvalue weighted by molar-refractivity contribution is 0.0768. The monoisotopic (exact) mass is 339 g/mol. The highest BCUT2D eigenvalue weighted by Gasteiger charge is 2.24. The van der Waals surface area contributed by atoms with E-state index >= 15 is 0 Å². The van der Waals surface area contributed by atoms with Crippen LogP contribution >= 0.6 is 0 Å². The van der Waals surface area contributed by atoms with Crippen LogP contribution in [0.3, 0.4) is 0 Å². The van der Waals surface area contributed by atoms with Crippen LogP contribution in [0.25, 0.3) is 11.3 Å². The number of unbranched alkanes of at least 4 members (excludes halogenated alkanes) is 3. The molecular weight excluding hydrogens is 310 g/mol. The zero-order chi connectivity index (χ0) is 17.5. The van der Waals surface area contributed by atoms with Crippen LogP contribution in [0, 0.1) is 0 Å². The molecule has 0 saturated carbocycles. The molecule has 1 fully saturated rings. The average Bonchev–Trinajstić information content (AvgIpc) is 2.65. The Bertz CT molecular complexity index is 674. The topological polar surface area (TPSA) is 38.3 Å². The second-order valence-electron chi connectivity index (χ2n) is 7.00. The Morgan fingerprint density at radius 1 is 1.20 bits per heavy atom. The zero-order valence-corrected chi connectivity index (χ0v) is 15.4. The zero-order valence-electron chi connectivity index (χ0n) is 15.4. The van der Waals surface area contributed by atoms with E-state index in [0.29, 0.717) is 6.04 Å². The molecule has 25 heavy (non-hydrogen) atoms. The molecule has 0 radical (unpaired) electrons. The fraction of sp³-hybridized carbons (Fsp3) is 0.524. The summed E-state index contributed by atoms with van der Waals surface area (Å²) in [5.41, 5.74) is 3.35. The predicted octanol–water partition coefficient (Wildman–Crippen LogP) is 4.35. The van der Waals surface area contributed by atoms with E-state index in [1.165, 1.54) is 44.2 Å². The lowest BCUT2D eigenvalue weighted by Crippen LogP contribution is -2.48. The van der Waals surface area contributed by atoms with E-state index < -0.39 is 0 Å². The van der Waals surface area contributed by atoms with E-state index in [4.69, 9.17) is 4.74 Å². The highest BCUT2D eigenvalue weighted by molar-refractivity contribution is 5.60. The van der Waals surface area contributed by atoms with Crippen molar-refractivity contribution in [2.75, 3.05) is 20.2 Å².